The quantitative estimate of drug-likeness (QED) is 0.379. The number of hydrogen-bond acceptors (Lipinski definition) is 8. The Bertz CT molecular complexity index is 1010. The van der Waals surface area contributed by atoms with Crippen molar-refractivity contribution in [3.05, 3.63) is 34.4 Å². The van der Waals surface area contributed by atoms with Gasteiger partial charge < -0.3 is 10.6 Å². The second-order valence-electron chi connectivity index (χ2n) is 6.25. The van der Waals surface area contributed by atoms with E-state index in [1.54, 1.807) is 22.6 Å². The number of aromatic amines is 1. The Balaban J connectivity index is 1.75. The largest absolute Gasteiger partial charge is 0.367 e. The molecule has 3 aromatic rings. The first-order valence-corrected chi connectivity index (χ1v) is 9.93. The maximum Gasteiger partial charge on any atom is 0.271 e. The van der Waals surface area contributed by atoms with Gasteiger partial charge in [0, 0.05) is 18.7 Å². The minimum Gasteiger partial charge on any atom is -0.367 e. The van der Waals surface area contributed by atoms with E-state index in [-0.39, 0.29) is 23.2 Å². The molecule has 0 aliphatic rings. The minimum atomic E-state index is -0.369. The molecule has 0 saturated carbocycles. The average Bonchev–Trinajstić information content (AvgIpc) is 3.05. The van der Waals surface area contributed by atoms with E-state index < -0.39 is 0 Å². The summed E-state index contributed by atoms with van der Waals surface area (Å²) in [5.74, 6) is 1.25. The highest BCUT2D eigenvalue weighted by molar-refractivity contribution is 7.99. The summed E-state index contributed by atoms with van der Waals surface area (Å²) in [5, 5.41) is 18.0. The lowest BCUT2D eigenvalue weighted by atomic mass is 10.3. The number of amides is 1. The van der Waals surface area contributed by atoms with E-state index in [4.69, 9.17) is 0 Å². The molecule has 0 aliphatic heterocycles. The number of carbonyl (C=O) groups excluding carboxylic acids is 1. The molecule has 11 heteroatoms. The van der Waals surface area contributed by atoms with E-state index >= 15 is 0 Å². The Morgan fingerprint density at radius 1 is 1.32 bits per heavy atom. The van der Waals surface area contributed by atoms with Gasteiger partial charge in [0.15, 0.2) is 10.8 Å². The van der Waals surface area contributed by atoms with E-state index in [1.807, 2.05) is 20.8 Å². The molecule has 0 radical (unpaired) electrons. The highest BCUT2D eigenvalue weighted by Gasteiger charge is 2.14. The van der Waals surface area contributed by atoms with Crippen molar-refractivity contribution in [1.29, 1.82) is 0 Å². The first kappa shape index (κ1) is 19.8. The van der Waals surface area contributed by atoms with Crippen molar-refractivity contribution in [3.63, 3.8) is 0 Å². The number of nitrogens with zero attached hydrogens (tertiary/aromatic N) is 5. The summed E-state index contributed by atoms with van der Waals surface area (Å²) in [6.45, 7) is 6.92. The zero-order chi connectivity index (χ0) is 20.1. The van der Waals surface area contributed by atoms with E-state index in [9.17, 15) is 9.59 Å². The number of H-pyrrole nitrogens is 1. The lowest BCUT2D eigenvalue weighted by molar-refractivity contribution is 0.0946. The van der Waals surface area contributed by atoms with Crippen molar-refractivity contribution in [2.45, 2.75) is 38.5 Å². The van der Waals surface area contributed by atoms with Crippen LogP contribution in [0.1, 0.15) is 31.3 Å². The number of rotatable bonds is 8. The van der Waals surface area contributed by atoms with Crippen LogP contribution in [0.3, 0.4) is 0 Å². The van der Waals surface area contributed by atoms with Gasteiger partial charge in [-0.3, -0.25) is 9.59 Å². The molecule has 0 spiro atoms. The SMILES string of the molecule is CCSc1nc(NC(C)C)c2cnn(CCNC(=O)c3ccc(=O)[nH]n3)c2n1. The van der Waals surface area contributed by atoms with Gasteiger partial charge in [0.25, 0.3) is 11.5 Å². The van der Waals surface area contributed by atoms with Gasteiger partial charge in [0.1, 0.15) is 11.5 Å². The fourth-order valence-electron chi connectivity index (χ4n) is 2.51. The summed E-state index contributed by atoms with van der Waals surface area (Å²) in [7, 11) is 0. The Labute approximate surface area is 165 Å². The van der Waals surface area contributed by atoms with Gasteiger partial charge in [0.2, 0.25) is 0 Å². The molecular formula is C17H22N8O2S. The van der Waals surface area contributed by atoms with Crippen molar-refractivity contribution in [3.8, 4) is 0 Å². The number of hydrogen-bond donors (Lipinski definition) is 3. The Hall–Kier alpha value is -2.95. The number of aromatic nitrogens is 6. The predicted molar refractivity (Wildman–Crippen MR) is 108 cm³/mol. The lowest BCUT2D eigenvalue weighted by Gasteiger charge is -2.11. The van der Waals surface area contributed by atoms with Gasteiger partial charge >= 0.3 is 0 Å². The molecule has 3 rings (SSSR count). The fourth-order valence-corrected chi connectivity index (χ4v) is 3.08. The molecule has 3 aromatic heterocycles. The van der Waals surface area contributed by atoms with Crippen LogP contribution in [0.4, 0.5) is 5.82 Å². The van der Waals surface area contributed by atoms with Gasteiger partial charge in [-0.1, -0.05) is 18.7 Å². The molecule has 28 heavy (non-hydrogen) atoms. The summed E-state index contributed by atoms with van der Waals surface area (Å²) >= 11 is 1.56. The third kappa shape index (κ3) is 4.66. The second kappa shape index (κ2) is 8.83. The van der Waals surface area contributed by atoms with E-state index in [2.05, 4.69) is 35.9 Å². The van der Waals surface area contributed by atoms with Gasteiger partial charge in [-0.2, -0.15) is 10.2 Å². The van der Waals surface area contributed by atoms with Crippen LogP contribution in [0.5, 0.6) is 0 Å². The third-order valence-electron chi connectivity index (χ3n) is 3.70. The summed E-state index contributed by atoms with van der Waals surface area (Å²) < 4.78 is 1.74. The van der Waals surface area contributed by atoms with E-state index in [0.717, 1.165) is 17.0 Å². The summed E-state index contributed by atoms with van der Waals surface area (Å²) in [5.41, 5.74) is 0.508. The smallest absolute Gasteiger partial charge is 0.271 e. The lowest BCUT2D eigenvalue weighted by Crippen LogP contribution is -2.29. The highest BCUT2D eigenvalue weighted by atomic mass is 32.2. The monoisotopic (exact) mass is 402 g/mol. The predicted octanol–water partition coefficient (Wildman–Crippen LogP) is 1.27. The molecule has 3 heterocycles. The normalized spacial score (nSPS) is 11.1. The fraction of sp³-hybridized carbons (Fsp3) is 0.412. The molecule has 148 valence electrons. The average molecular weight is 402 g/mol. The van der Waals surface area contributed by atoms with Gasteiger partial charge in [0.05, 0.1) is 18.1 Å². The first-order valence-electron chi connectivity index (χ1n) is 8.94. The molecule has 0 aromatic carbocycles. The molecule has 1 amide bonds. The standard InChI is InChI=1S/C17H22N8O2S/c1-4-28-17-21-14(20-10(2)3)11-9-19-25(15(11)22-17)8-7-18-16(27)12-5-6-13(26)24-23-12/h5-6,9-10H,4,7-8H2,1-3H3,(H,18,27)(H,24,26)(H,20,21,22). The van der Waals surface area contributed by atoms with Crippen LogP contribution in [-0.4, -0.2) is 54.2 Å². The highest BCUT2D eigenvalue weighted by Crippen LogP contribution is 2.24. The molecule has 0 saturated heterocycles. The summed E-state index contributed by atoms with van der Waals surface area (Å²) in [4.78, 5) is 32.3. The van der Waals surface area contributed by atoms with Gasteiger partial charge in [-0.05, 0) is 25.7 Å². The number of thioether (sulfide) groups is 1. The molecule has 0 bridgehead atoms. The van der Waals surface area contributed by atoms with Crippen LogP contribution in [0.2, 0.25) is 0 Å². The zero-order valence-electron chi connectivity index (χ0n) is 15.9. The number of carbonyl (C=O) groups is 1. The minimum absolute atomic E-state index is 0.150. The molecular weight excluding hydrogens is 380 g/mol. The Morgan fingerprint density at radius 3 is 2.82 bits per heavy atom. The Kier molecular flexibility index (Phi) is 6.24. The van der Waals surface area contributed by atoms with Crippen LogP contribution >= 0.6 is 11.8 Å². The van der Waals surface area contributed by atoms with Crippen molar-refractivity contribution in [2.75, 3.05) is 17.6 Å². The van der Waals surface area contributed by atoms with Gasteiger partial charge in [-0.15, -0.1) is 0 Å². The maximum absolute atomic E-state index is 12.1. The number of nitrogens with one attached hydrogen (secondary N) is 3. The molecule has 0 fully saturated rings. The van der Waals surface area contributed by atoms with Crippen molar-refractivity contribution >= 4 is 34.5 Å². The van der Waals surface area contributed by atoms with Crippen LogP contribution in [0, 0.1) is 0 Å². The molecule has 0 atom stereocenters. The van der Waals surface area contributed by atoms with Crippen molar-refractivity contribution < 1.29 is 4.79 Å². The van der Waals surface area contributed by atoms with Gasteiger partial charge in [-0.25, -0.2) is 19.7 Å². The summed E-state index contributed by atoms with van der Waals surface area (Å²) in [6, 6.07) is 2.86. The Morgan fingerprint density at radius 2 is 2.14 bits per heavy atom. The van der Waals surface area contributed by atoms with Crippen LogP contribution in [0.25, 0.3) is 11.0 Å². The van der Waals surface area contributed by atoms with Crippen molar-refractivity contribution in [2.24, 2.45) is 0 Å². The van der Waals surface area contributed by atoms with Crippen LogP contribution in [-0.2, 0) is 6.54 Å². The summed E-state index contributed by atoms with van der Waals surface area (Å²) in [6.07, 6.45) is 1.73. The van der Waals surface area contributed by atoms with Crippen LogP contribution in [0.15, 0.2) is 28.3 Å². The zero-order valence-corrected chi connectivity index (χ0v) is 16.7. The van der Waals surface area contributed by atoms with Crippen molar-refractivity contribution in [1.82, 2.24) is 35.3 Å². The number of anilines is 1. The molecule has 3 N–H and O–H groups in total. The molecule has 10 nitrogen and oxygen atoms in total. The van der Waals surface area contributed by atoms with Crippen LogP contribution < -0.4 is 16.2 Å². The topological polar surface area (TPSA) is 130 Å². The maximum atomic E-state index is 12.1. The van der Waals surface area contributed by atoms with E-state index in [1.165, 1.54) is 12.1 Å². The van der Waals surface area contributed by atoms with E-state index in [0.29, 0.717) is 23.9 Å². The third-order valence-corrected chi connectivity index (χ3v) is 4.42. The first-order chi connectivity index (χ1) is 13.5. The second-order valence-corrected chi connectivity index (χ2v) is 7.49. The number of fused-ring (bicyclic) bond motifs is 1. The molecule has 0 aliphatic carbocycles. The molecule has 0 unspecified atom stereocenters.